The number of hydrogen-bond acceptors (Lipinski definition) is 3. The first kappa shape index (κ1) is 16.0. The third-order valence-corrected chi connectivity index (χ3v) is 3.08. The maximum Gasteiger partial charge on any atom is 0.393 e. The van der Waals surface area contributed by atoms with Crippen LogP contribution in [-0.4, -0.2) is 50.4 Å². The van der Waals surface area contributed by atoms with Crippen LogP contribution in [0, 0.1) is 5.92 Å². The van der Waals surface area contributed by atoms with Gasteiger partial charge >= 0.3 is 6.18 Å². The average molecular weight is 282 g/mol. The minimum absolute atomic E-state index is 0.0865. The van der Waals surface area contributed by atoms with E-state index in [1.165, 1.54) is 0 Å². The molecular formula is C11H21F3N4O. The summed E-state index contributed by atoms with van der Waals surface area (Å²) in [5, 5.41) is 0. The van der Waals surface area contributed by atoms with Gasteiger partial charge in [0.15, 0.2) is 0 Å². The van der Waals surface area contributed by atoms with Crippen molar-refractivity contribution in [3.63, 3.8) is 0 Å². The highest BCUT2D eigenvalue weighted by Crippen LogP contribution is 2.32. The summed E-state index contributed by atoms with van der Waals surface area (Å²) in [6.07, 6.45) is -2.79. The van der Waals surface area contributed by atoms with E-state index in [2.05, 4.69) is 10.4 Å². The first-order valence-corrected chi connectivity index (χ1v) is 6.30. The fraction of sp³-hybridized carbons (Fsp3) is 0.909. The molecule has 5 nitrogen and oxygen atoms in total. The molecule has 19 heavy (non-hydrogen) atoms. The van der Waals surface area contributed by atoms with Crippen LogP contribution in [0.3, 0.4) is 0 Å². The molecule has 0 aromatic rings. The normalized spacial score (nSPS) is 21.6. The molecule has 1 rings (SSSR count). The van der Waals surface area contributed by atoms with Crippen molar-refractivity contribution < 1.29 is 17.9 Å². The van der Waals surface area contributed by atoms with E-state index in [0.29, 0.717) is 38.5 Å². The van der Waals surface area contributed by atoms with Crippen LogP contribution < -0.4 is 11.3 Å². The van der Waals surface area contributed by atoms with E-state index in [1.807, 2.05) is 0 Å². The van der Waals surface area contributed by atoms with E-state index >= 15 is 0 Å². The quantitative estimate of drug-likeness (QED) is 0.267. The van der Waals surface area contributed by atoms with Gasteiger partial charge in [-0.15, -0.1) is 0 Å². The molecule has 0 radical (unpaired) electrons. The molecule has 8 heteroatoms. The lowest BCUT2D eigenvalue weighted by molar-refractivity contribution is -0.183. The van der Waals surface area contributed by atoms with Gasteiger partial charge in [0, 0.05) is 33.4 Å². The maximum atomic E-state index is 12.7. The molecule has 0 amide bonds. The molecule has 1 heterocycles. The average Bonchev–Trinajstić information content (AvgIpc) is 2.38. The van der Waals surface area contributed by atoms with Crippen LogP contribution >= 0.6 is 0 Å². The number of nitrogens with one attached hydrogen (secondary N) is 1. The zero-order valence-electron chi connectivity index (χ0n) is 11.0. The minimum Gasteiger partial charge on any atom is -0.385 e. The molecule has 0 aromatic carbocycles. The number of aliphatic imine (C=N–C) groups is 1. The molecule has 1 aliphatic heterocycles. The van der Waals surface area contributed by atoms with E-state index in [-0.39, 0.29) is 13.0 Å². The highest BCUT2D eigenvalue weighted by Gasteiger charge is 2.42. The number of alkyl halides is 3. The van der Waals surface area contributed by atoms with Gasteiger partial charge < -0.3 is 9.64 Å². The zero-order chi connectivity index (χ0) is 14.3. The molecule has 0 aliphatic carbocycles. The largest absolute Gasteiger partial charge is 0.393 e. The first-order chi connectivity index (χ1) is 8.99. The zero-order valence-corrected chi connectivity index (χ0v) is 11.0. The van der Waals surface area contributed by atoms with Crippen molar-refractivity contribution in [2.45, 2.75) is 25.4 Å². The second-order valence-corrected chi connectivity index (χ2v) is 4.52. The van der Waals surface area contributed by atoms with Gasteiger partial charge in [-0.1, -0.05) is 0 Å². The summed E-state index contributed by atoms with van der Waals surface area (Å²) in [7, 11) is 1.59. The Labute approximate surface area is 111 Å². The van der Waals surface area contributed by atoms with Crippen LogP contribution in [0.5, 0.6) is 0 Å². The monoisotopic (exact) mass is 282 g/mol. The van der Waals surface area contributed by atoms with E-state index in [0.717, 1.165) is 0 Å². The van der Waals surface area contributed by atoms with Crippen molar-refractivity contribution in [2.75, 3.05) is 33.4 Å². The first-order valence-electron chi connectivity index (χ1n) is 6.30. The summed E-state index contributed by atoms with van der Waals surface area (Å²) >= 11 is 0. The Balaban J connectivity index is 2.55. The van der Waals surface area contributed by atoms with Crippen molar-refractivity contribution in [3.05, 3.63) is 0 Å². The number of nitrogens with two attached hydrogens (primary N) is 1. The van der Waals surface area contributed by atoms with Gasteiger partial charge in [0.2, 0.25) is 5.96 Å². The number of guanidine groups is 1. The predicted molar refractivity (Wildman–Crippen MR) is 66.5 cm³/mol. The van der Waals surface area contributed by atoms with Crippen molar-refractivity contribution in [1.82, 2.24) is 10.3 Å². The topological polar surface area (TPSA) is 62.9 Å². The summed E-state index contributed by atoms with van der Waals surface area (Å²) in [5.74, 6) is 4.36. The molecule has 1 saturated heterocycles. The van der Waals surface area contributed by atoms with Gasteiger partial charge in [0.25, 0.3) is 0 Å². The van der Waals surface area contributed by atoms with E-state index in [1.54, 1.807) is 12.0 Å². The molecule has 0 saturated carbocycles. The molecule has 112 valence electrons. The standard InChI is InChI=1S/C11H21F3N4O/c1-19-7-3-5-16-10(17-15)18-6-2-4-9(8-18)11(12,13)14/h9H,2-8,15H2,1H3,(H,16,17). The molecule has 1 unspecified atom stereocenters. The molecule has 0 aromatic heterocycles. The van der Waals surface area contributed by atoms with Crippen LogP contribution in [0.25, 0.3) is 0 Å². The Kier molecular flexibility index (Phi) is 6.36. The Hall–Kier alpha value is -1.02. The summed E-state index contributed by atoms with van der Waals surface area (Å²) in [4.78, 5) is 5.74. The molecular weight excluding hydrogens is 261 g/mol. The highest BCUT2D eigenvalue weighted by molar-refractivity contribution is 5.79. The number of rotatable bonds is 4. The van der Waals surface area contributed by atoms with E-state index in [4.69, 9.17) is 10.6 Å². The number of hydrazine groups is 1. The minimum atomic E-state index is -4.16. The molecule has 1 fully saturated rings. The Morgan fingerprint density at radius 1 is 1.53 bits per heavy atom. The Morgan fingerprint density at radius 3 is 2.84 bits per heavy atom. The molecule has 0 bridgehead atoms. The van der Waals surface area contributed by atoms with Crippen LogP contribution in [0.2, 0.25) is 0 Å². The number of nitrogens with zero attached hydrogens (tertiary/aromatic N) is 2. The van der Waals surface area contributed by atoms with Crippen LogP contribution in [0.15, 0.2) is 4.99 Å². The number of halogens is 3. The van der Waals surface area contributed by atoms with Crippen molar-refractivity contribution in [3.8, 4) is 0 Å². The second kappa shape index (κ2) is 7.54. The SMILES string of the molecule is COCCCN=C(NN)N1CCCC(C(F)(F)F)C1. The number of hydrogen-bond donors (Lipinski definition) is 2. The number of piperidine rings is 1. The number of methoxy groups -OCH3 is 1. The Bertz CT molecular complexity index is 296. The summed E-state index contributed by atoms with van der Waals surface area (Å²) < 4.78 is 43.0. The number of ether oxygens (including phenoxy) is 1. The van der Waals surface area contributed by atoms with E-state index in [9.17, 15) is 13.2 Å². The van der Waals surface area contributed by atoms with Crippen LogP contribution in [-0.2, 0) is 4.74 Å². The molecule has 1 aliphatic rings. The lowest BCUT2D eigenvalue weighted by atomic mass is 9.98. The van der Waals surface area contributed by atoms with Gasteiger partial charge in [-0.2, -0.15) is 13.2 Å². The van der Waals surface area contributed by atoms with E-state index < -0.39 is 12.1 Å². The summed E-state index contributed by atoms with van der Waals surface area (Å²) in [6, 6.07) is 0. The lowest BCUT2D eigenvalue weighted by Crippen LogP contribution is -2.51. The van der Waals surface area contributed by atoms with Gasteiger partial charge in [0.05, 0.1) is 5.92 Å². The molecule has 3 N–H and O–H groups in total. The van der Waals surface area contributed by atoms with Crippen LogP contribution in [0.1, 0.15) is 19.3 Å². The summed E-state index contributed by atoms with van der Waals surface area (Å²) in [5.41, 5.74) is 2.39. The van der Waals surface area contributed by atoms with Gasteiger partial charge in [-0.05, 0) is 19.3 Å². The predicted octanol–water partition coefficient (Wildman–Crippen LogP) is 1.12. The molecule has 1 atom stereocenters. The van der Waals surface area contributed by atoms with Gasteiger partial charge in [-0.3, -0.25) is 10.4 Å². The van der Waals surface area contributed by atoms with Crippen molar-refractivity contribution >= 4 is 5.96 Å². The fourth-order valence-corrected chi connectivity index (χ4v) is 2.07. The van der Waals surface area contributed by atoms with Crippen molar-refractivity contribution in [1.29, 1.82) is 0 Å². The molecule has 0 spiro atoms. The fourth-order valence-electron chi connectivity index (χ4n) is 2.07. The maximum absolute atomic E-state index is 12.7. The third-order valence-electron chi connectivity index (χ3n) is 3.08. The van der Waals surface area contributed by atoms with Gasteiger partial charge in [-0.25, -0.2) is 5.84 Å². The second-order valence-electron chi connectivity index (χ2n) is 4.52. The Morgan fingerprint density at radius 2 is 2.26 bits per heavy atom. The lowest BCUT2D eigenvalue weighted by Gasteiger charge is -2.35. The summed E-state index contributed by atoms with van der Waals surface area (Å²) in [6.45, 7) is 1.49. The van der Waals surface area contributed by atoms with Gasteiger partial charge in [0.1, 0.15) is 0 Å². The third kappa shape index (κ3) is 5.23. The smallest absolute Gasteiger partial charge is 0.385 e. The van der Waals surface area contributed by atoms with Crippen LogP contribution in [0.4, 0.5) is 13.2 Å². The highest BCUT2D eigenvalue weighted by atomic mass is 19.4. The van der Waals surface area contributed by atoms with Crippen molar-refractivity contribution in [2.24, 2.45) is 16.8 Å². The number of likely N-dealkylation sites (tertiary alicyclic amines) is 1.